The fourth-order valence-electron chi connectivity index (χ4n) is 2.33. The monoisotopic (exact) mass is 318 g/mol. The van der Waals surface area contributed by atoms with Gasteiger partial charge in [0, 0.05) is 25.2 Å². The number of carbonyl (C=O) groups is 1. The van der Waals surface area contributed by atoms with Gasteiger partial charge in [0.15, 0.2) is 0 Å². The number of para-hydroxylation sites is 1. The summed E-state index contributed by atoms with van der Waals surface area (Å²) in [7, 11) is 3.35. The number of aliphatic hydroxyl groups is 1. The van der Waals surface area contributed by atoms with E-state index >= 15 is 0 Å². The summed E-state index contributed by atoms with van der Waals surface area (Å²) in [5, 5.41) is 16.2. The normalized spacial score (nSPS) is 10.4. The van der Waals surface area contributed by atoms with Crippen molar-refractivity contribution in [1.29, 1.82) is 0 Å². The maximum Gasteiger partial charge on any atom is 0.323 e. The summed E-state index contributed by atoms with van der Waals surface area (Å²) in [4.78, 5) is 14.0. The van der Waals surface area contributed by atoms with Crippen LogP contribution >= 0.6 is 0 Å². The van der Waals surface area contributed by atoms with E-state index in [0.29, 0.717) is 18.1 Å². The number of anilines is 1. The van der Waals surface area contributed by atoms with Crippen molar-refractivity contribution in [3.63, 3.8) is 0 Å². The third-order valence-corrected chi connectivity index (χ3v) is 3.45. The van der Waals surface area contributed by atoms with Crippen LogP contribution in [-0.4, -0.2) is 46.1 Å². The maximum atomic E-state index is 12.5. The van der Waals surface area contributed by atoms with Gasteiger partial charge >= 0.3 is 6.03 Å². The molecule has 1 aromatic carbocycles. The number of hydrogen-bond acceptors (Lipinski definition) is 4. The zero-order valence-corrected chi connectivity index (χ0v) is 13.6. The lowest BCUT2D eigenvalue weighted by Crippen LogP contribution is -2.37. The summed E-state index contributed by atoms with van der Waals surface area (Å²) in [6.45, 7) is 2.30. The Kier molecular flexibility index (Phi) is 5.59. The van der Waals surface area contributed by atoms with Gasteiger partial charge in [-0.2, -0.15) is 5.10 Å². The lowest BCUT2D eigenvalue weighted by Gasteiger charge is -2.23. The molecule has 1 heterocycles. The SMILES string of the molecule is COc1ccccc1CN(CCO)C(=O)Nc1cc(C)nn1C. The summed E-state index contributed by atoms with van der Waals surface area (Å²) in [5.74, 6) is 1.31. The highest BCUT2D eigenvalue weighted by molar-refractivity contribution is 5.88. The molecular formula is C16H22N4O3. The molecule has 0 aliphatic rings. The van der Waals surface area contributed by atoms with E-state index in [-0.39, 0.29) is 19.2 Å². The van der Waals surface area contributed by atoms with Crippen molar-refractivity contribution < 1.29 is 14.6 Å². The molecule has 1 aromatic heterocycles. The van der Waals surface area contributed by atoms with E-state index in [4.69, 9.17) is 4.74 Å². The molecule has 124 valence electrons. The highest BCUT2D eigenvalue weighted by Crippen LogP contribution is 2.20. The van der Waals surface area contributed by atoms with Gasteiger partial charge in [-0.25, -0.2) is 4.79 Å². The van der Waals surface area contributed by atoms with Gasteiger partial charge in [0.25, 0.3) is 0 Å². The Morgan fingerprint density at radius 3 is 2.78 bits per heavy atom. The third-order valence-electron chi connectivity index (χ3n) is 3.45. The van der Waals surface area contributed by atoms with Gasteiger partial charge in [0.05, 0.1) is 26.0 Å². The van der Waals surface area contributed by atoms with Crippen LogP contribution in [0.25, 0.3) is 0 Å². The summed E-state index contributed by atoms with van der Waals surface area (Å²) < 4.78 is 6.91. The fourth-order valence-corrected chi connectivity index (χ4v) is 2.33. The number of nitrogens with one attached hydrogen (secondary N) is 1. The van der Waals surface area contributed by atoms with Gasteiger partial charge in [0.2, 0.25) is 0 Å². The molecule has 2 rings (SSSR count). The minimum absolute atomic E-state index is 0.118. The summed E-state index contributed by atoms with van der Waals surface area (Å²) in [6.07, 6.45) is 0. The van der Waals surface area contributed by atoms with Crippen molar-refractivity contribution in [2.45, 2.75) is 13.5 Å². The average molecular weight is 318 g/mol. The molecule has 0 saturated heterocycles. The van der Waals surface area contributed by atoms with Crippen LogP contribution in [0.1, 0.15) is 11.3 Å². The molecule has 0 radical (unpaired) electrons. The first kappa shape index (κ1) is 16.8. The van der Waals surface area contributed by atoms with E-state index in [2.05, 4.69) is 10.4 Å². The van der Waals surface area contributed by atoms with E-state index in [0.717, 1.165) is 11.3 Å². The highest BCUT2D eigenvalue weighted by Gasteiger charge is 2.17. The number of methoxy groups -OCH3 is 1. The first-order chi connectivity index (χ1) is 11.0. The summed E-state index contributed by atoms with van der Waals surface area (Å²) >= 11 is 0. The number of carbonyl (C=O) groups excluding carboxylic acids is 1. The van der Waals surface area contributed by atoms with Crippen molar-refractivity contribution in [3.8, 4) is 5.75 Å². The molecule has 0 aliphatic carbocycles. The molecule has 2 N–H and O–H groups in total. The number of aryl methyl sites for hydroxylation is 2. The molecule has 0 spiro atoms. The third kappa shape index (κ3) is 4.23. The predicted octanol–water partition coefficient (Wildman–Crippen LogP) is 1.76. The van der Waals surface area contributed by atoms with Gasteiger partial charge in [-0.3, -0.25) is 10.00 Å². The van der Waals surface area contributed by atoms with E-state index in [1.54, 1.807) is 24.9 Å². The topological polar surface area (TPSA) is 79.6 Å². The second-order valence-electron chi connectivity index (χ2n) is 5.18. The Morgan fingerprint density at radius 2 is 2.17 bits per heavy atom. The van der Waals surface area contributed by atoms with Crippen LogP contribution in [0.3, 0.4) is 0 Å². The van der Waals surface area contributed by atoms with Crippen LogP contribution < -0.4 is 10.1 Å². The summed E-state index contributed by atoms with van der Waals surface area (Å²) in [5.41, 5.74) is 1.70. The number of ether oxygens (including phenoxy) is 1. The van der Waals surface area contributed by atoms with Crippen molar-refractivity contribution >= 4 is 11.8 Å². The number of urea groups is 1. The van der Waals surface area contributed by atoms with Crippen molar-refractivity contribution in [3.05, 3.63) is 41.6 Å². The van der Waals surface area contributed by atoms with Crippen LogP contribution in [-0.2, 0) is 13.6 Å². The van der Waals surface area contributed by atoms with Gasteiger partial charge in [-0.05, 0) is 13.0 Å². The zero-order valence-electron chi connectivity index (χ0n) is 13.6. The van der Waals surface area contributed by atoms with Crippen molar-refractivity contribution in [2.75, 3.05) is 25.6 Å². The number of aliphatic hydroxyl groups excluding tert-OH is 1. The minimum Gasteiger partial charge on any atom is -0.496 e. The Hall–Kier alpha value is -2.54. The number of amides is 2. The van der Waals surface area contributed by atoms with Crippen LogP contribution in [0.2, 0.25) is 0 Å². The standard InChI is InChI=1S/C16H22N4O3/c1-12-10-15(19(2)18-12)17-16(22)20(8-9-21)11-13-6-4-5-7-14(13)23-3/h4-7,10,21H,8-9,11H2,1-3H3,(H,17,22). The molecule has 0 aliphatic heterocycles. The molecule has 7 heteroatoms. The van der Waals surface area contributed by atoms with Crippen LogP contribution in [0.15, 0.2) is 30.3 Å². The molecule has 0 bridgehead atoms. The van der Waals surface area contributed by atoms with Crippen LogP contribution in [0.4, 0.5) is 10.6 Å². The fraction of sp³-hybridized carbons (Fsp3) is 0.375. The molecule has 23 heavy (non-hydrogen) atoms. The van der Waals surface area contributed by atoms with Crippen LogP contribution in [0.5, 0.6) is 5.75 Å². The lowest BCUT2D eigenvalue weighted by atomic mass is 10.2. The predicted molar refractivity (Wildman–Crippen MR) is 87.5 cm³/mol. The number of rotatable bonds is 6. The molecule has 7 nitrogen and oxygen atoms in total. The molecule has 0 fully saturated rings. The first-order valence-electron chi connectivity index (χ1n) is 7.34. The quantitative estimate of drug-likeness (QED) is 0.850. The first-order valence-corrected chi connectivity index (χ1v) is 7.34. The highest BCUT2D eigenvalue weighted by atomic mass is 16.5. The largest absolute Gasteiger partial charge is 0.496 e. The number of nitrogens with zero attached hydrogens (tertiary/aromatic N) is 3. The van der Waals surface area contributed by atoms with Crippen molar-refractivity contribution in [2.24, 2.45) is 7.05 Å². The average Bonchev–Trinajstić information content (AvgIpc) is 2.84. The molecule has 0 saturated carbocycles. The second-order valence-corrected chi connectivity index (χ2v) is 5.18. The maximum absolute atomic E-state index is 12.5. The Bertz CT molecular complexity index is 669. The van der Waals surface area contributed by atoms with E-state index < -0.39 is 0 Å². The van der Waals surface area contributed by atoms with E-state index in [9.17, 15) is 9.90 Å². The number of aromatic nitrogens is 2. The lowest BCUT2D eigenvalue weighted by molar-refractivity contribution is 0.184. The Labute approximate surface area is 135 Å². The van der Waals surface area contributed by atoms with E-state index in [1.807, 2.05) is 31.2 Å². The smallest absolute Gasteiger partial charge is 0.323 e. The second kappa shape index (κ2) is 7.64. The zero-order chi connectivity index (χ0) is 16.8. The number of benzene rings is 1. The van der Waals surface area contributed by atoms with Crippen molar-refractivity contribution in [1.82, 2.24) is 14.7 Å². The van der Waals surface area contributed by atoms with Gasteiger partial charge in [0.1, 0.15) is 11.6 Å². The van der Waals surface area contributed by atoms with Gasteiger partial charge in [-0.15, -0.1) is 0 Å². The Morgan fingerprint density at radius 1 is 1.43 bits per heavy atom. The summed E-state index contributed by atoms with van der Waals surface area (Å²) in [6, 6.07) is 8.99. The van der Waals surface area contributed by atoms with Gasteiger partial charge < -0.3 is 14.7 Å². The van der Waals surface area contributed by atoms with Gasteiger partial charge in [-0.1, -0.05) is 18.2 Å². The number of hydrogen-bond donors (Lipinski definition) is 2. The minimum atomic E-state index is -0.298. The Balaban J connectivity index is 2.14. The molecular weight excluding hydrogens is 296 g/mol. The molecule has 0 atom stereocenters. The molecule has 0 unspecified atom stereocenters. The van der Waals surface area contributed by atoms with Crippen LogP contribution in [0, 0.1) is 6.92 Å². The van der Waals surface area contributed by atoms with E-state index in [1.165, 1.54) is 4.90 Å². The molecule has 2 amide bonds. The molecule has 2 aromatic rings.